The molecule has 0 saturated heterocycles. The second-order valence-corrected chi connectivity index (χ2v) is 10.2. The summed E-state index contributed by atoms with van der Waals surface area (Å²) in [5.74, 6) is -0.195. The minimum absolute atomic E-state index is 0.257. The summed E-state index contributed by atoms with van der Waals surface area (Å²) in [5, 5.41) is 6.46. The second kappa shape index (κ2) is 10.1. The van der Waals surface area contributed by atoms with E-state index in [0.717, 1.165) is 17.5 Å². The van der Waals surface area contributed by atoms with Gasteiger partial charge in [-0.25, -0.2) is 4.98 Å². The third kappa shape index (κ3) is 4.66. The van der Waals surface area contributed by atoms with Gasteiger partial charge < -0.3 is 20.8 Å². The van der Waals surface area contributed by atoms with E-state index in [9.17, 15) is 9.59 Å². The van der Waals surface area contributed by atoms with Crippen LogP contribution < -0.4 is 16.4 Å². The van der Waals surface area contributed by atoms with Crippen molar-refractivity contribution in [2.45, 2.75) is 34.1 Å². The molecule has 0 aliphatic heterocycles. The van der Waals surface area contributed by atoms with Gasteiger partial charge >= 0.3 is 0 Å². The van der Waals surface area contributed by atoms with E-state index in [0.29, 0.717) is 49.0 Å². The van der Waals surface area contributed by atoms with E-state index in [4.69, 9.17) is 15.1 Å². The highest BCUT2D eigenvalue weighted by molar-refractivity contribution is 7.21. The molecule has 7 nitrogen and oxygen atoms in total. The number of nitrogen functional groups attached to an aromatic ring is 1. The number of nitrogens with zero attached hydrogens (tertiary/aromatic N) is 1. The van der Waals surface area contributed by atoms with Crippen LogP contribution >= 0.6 is 11.3 Å². The van der Waals surface area contributed by atoms with E-state index in [1.807, 2.05) is 56.3 Å². The number of amides is 2. The lowest BCUT2D eigenvalue weighted by atomic mass is 9.99. The topological polar surface area (TPSA) is 110 Å². The number of nitrogens with two attached hydrogens (primary N) is 1. The highest BCUT2D eigenvalue weighted by atomic mass is 32.1. The van der Waals surface area contributed by atoms with E-state index >= 15 is 0 Å². The molecule has 4 N–H and O–H groups in total. The fourth-order valence-corrected chi connectivity index (χ4v) is 5.58. The first-order valence-electron chi connectivity index (χ1n) is 12.3. The number of rotatable bonds is 6. The first-order chi connectivity index (χ1) is 18.3. The number of hydrogen-bond acceptors (Lipinski definition) is 6. The Hall–Kier alpha value is -4.43. The van der Waals surface area contributed by atoms with Crippen molar-refractivity contribution in [3.63, 3.8) is 0 Å². The van der Waals surface area contributed by atoms with Gasteiger partial charge in [0, 0.05) is 22.3 Å². The van der Waals surface area contributed by atoms with Crippen LogP contribution in [0.3, 0.4) is 0 Å². The van der Waals surface area contributed by atoms with Crippen molar-refractivity contribution >= 4 is 50.4 Å². The van der Waals surface area contributed by atoms with Crippen LogP contribution in [0.2, 0.25) is 0 Å². The molecule has 0 fully saturated rings. The zero-order valence-electron chi connectivity index (χ0n) is 21.6. The summed E-state index contributed by atoms with van der Waals surface area (Å²) in [6.07, 6.45) is 2.45. The van der Waals surface area contributed by atoms with Gasteiger partial charge in [-0.3, -0.25) is 9.59 Å². The molecule has 0 aliphatic rings. The molecule has 0 radical (unpaired) electrons. The lowest BCUT2D eigenvalue weighted by Gasteiger charge is -2.14. The van der Waals surface area contributed by atoms with E-state index < -0.39 is 0 Å². The van der Waals surface area contributed by atoms with E-state index in [-0.39, 0.29) is 17.5 Å². The van der Waals surface area contributed by atoms with Crippen LogP contribution in [-0.4, -0.2) is 16.8 Å². The Morgan fingerprint density at radius 2 is 1.76 bits per heavy atom. The number of benzene rings is 2. The lowest BCUT2D eigenvalue weighted by molar-refractivity contribution is 0.102. The van der Waals surface area contributed by atoms with Gasteiger partial charge in [0.05, 0.1) is 23.2 Å². The zero-order chi connectivity index (χ0) is 27.0. The molecule has 2 amide bonds. The van der Waals surface area contributed by atoms with Gasteiger partial charge in [-0.2, -0.15) is 0 Å². The highest BCUT2D eigenvalue weighted by Gasteiger charge is 2.28. The Kier molecular flexibility index (Phi) is 6.73. The van der Waals surface area contributed by atoms with Gasteiger partial charge in [0.15, 0.2) is 0 Å². The summed E-state index contributed by atoms with van der Waals surface area (Å²) in [6, 6.07) is 17.0. The third-order valence-corrected chi connectivity index (χ3v) is 7.61. The molecule has 0 atom stereocenters. The Bertz CT molecular complexity index is 1670. The number of pyridine rings is 1. The van der Waals surface area contributed by atoms with Crippen LogP contribution in [0.1, 0.15) is 49.3 Å². The predicted molar refractivity (Wildman–Crippen MR) is 154 cm³/mol. The number of aryl methyl sites for hydroxylation is 4. The van der Waals surface area contributed by atoms with Crippen LogP contribution in [0, 0.1) is 20.8 Å². The number of anilines is 3. The highest BCUT2D eigenvalue weighted by Crippen LogP contribution is 2.42. The molecule has 8 heteroatoms. The average molecular weight is 525 g/mol. The number of carbonyl (C=O) groups excluding carboxylic acids is 2. The fraction of sp³-hybridized carbons (Fsp3) is 0.167. The molecule has 0 aliphatic carbocycles. The molecule has 5 aromatic rings. The molecule has 0 bridgehead atoms. The van der Waals surface area contributed by atoms with Crippen LogP contribution in [0.25, 0.3) is 21.5 Å². The number of carbonyl (C=O) groups is 2. The monoisotopic (exact) mass is 524 g/mol. The van der Waals surface area contributed by atoms with Crippen molar-refractivity contribution in [3.8, 4) is 11.3 Å². The summed E-state index contributed by atoms with van der Waals surface area (Å²) in [4.78, 5) is 32.5. The number of hydrogen-bond donors (Lipinski definition) is 3. The predicted octanol–water partition coefficient (Wildman–Crippen LogP) is 7.13. The molecule has 0 spiro atoms. The van der Waals surface area contributed by atoms with Crippen molar-refractivity contribution in [3.05, 3.63) is 93.7 Å². The van der Waals surface area contributed by atoms with Gasteiger partial charge in [0.25, 0.3) is 11.8 Å². The molecule has 0 unspecified atom stereocenters. The molecule has 5 rings (SSSR count). The Morgan fingerprint density at radius 3 is 2.42 bits per heavy atom. The van der Waals surface area contributed by atoms with Crippen molar-refractivity contribution in [1.29, 1.82) is 0 Å². The number of nitrogens with one attached hydrogen (secondary N) is 2. The van der Waals surface area contributed by atoms with Crippen molar-refractivity contribution in [1.82, 2.24) is 4.98 Å². The van der Waals surface area contributed by atoms with E-state index in [1.54, 1.807) is 25.3 Å². The largest absolute Gasteiger partial charge is 0.464 e. The molecule has 192 valence electrons. The Balaban J connectivity index is 1.60. The minimum atomic E-state index is -0.334. The SMILES string of the molecule is CCc1ccc(NC(=O)c2sc3nc(C)c(C(=O)Nc4ccc(C)cc4C)c(-c4ccco4)c3c2N)cc1. The number of thiophene rings is 1. The molecular weight excluding hydrogens is 496 g/mol. The molecule has 38 heavy (non-hydrogen) atoms. The van der Waals surface area contributed by atoms with Gasteiger partial charge in [0.2, 0.25) is 0 Å². The van der Waals surface area contributed by atoms with Crippen LogP contribution in [0.15, 0.2) is 65.3 Å². The fourth-order valence-electron chi connectivity index (χ4n) is 4.53. The van der Waals surface area contributed by atoms with Crippen LogP contribution in [0.4, 0.5) is 17.1 Å². The van der Waals surface area contributed by atoms with Crippen molar-refractivity contribution < 1.29 is 14.0 Å². The van der Waals surface area contributed by atoms with Crippen LogP contribution in [-0.2, 0) is 6.42 Å². The van der Waals surface area contributed by atoms with Crippen molar-refractivity contribution in [2.75, 3.05) is 16.4 Å². The summed E-state index contributed by atoms with van der Waals surface area (Å²) in [7, 11) is 0. The van der Waals surface area contributed by atoms with Gasteiger partial charge in [-0.15, -0.1) is 11.3 Å². The van der Waals surface area contributed by atoms with Gasteiger partial charge in [-0.05, 0) is 68.7 Å². The maximum atomic E-state index is 13.7. The number of furan rings is 1. The zero-order valence-corrected chi connectivity index (χ0v) is 22.5. The summed E-state index contributed by atoms with van der Waals surface area (Å²) < 4.78 is 5.75. The number of aromatic nitrogens is 1. The molecular formula is C30H28N4O3S. The summed E-state index contributed by atoms with van der Waals surface area (Å²) >= 11 is 1.19. The Labute approximate surface area is 224 Å². The third-order valence-electron chi connectivity index (χ3n) is 6.51. The maximum absolute atomic E-state index is 13.7. The van der Waals surface area contributed by atoms with Gasteiger partial charge in [-0.1, -0.05) is 36.8 Å². The van der Waals surface area contributed by atoms with E-state index in [1.165, 1.54) is 16.9 Å². The lowest BCUT2D eigenvalue weighted by Crippen LogP contribution is -2.16. The second-order valence-electron chi connectivity index (χ2n) is 9.23. The number of fused-ring (bicyclic) bond motifs is 1. The average Bonchev–Trinajstić information content (AvgIpc) is 3.54. The summed E-state index contributed by atoms with van der Waals surface area (Å²) in [6.45, 7) is 7.80. The molecule has 0 saturated carbocycles. The Morgan fingerprint density at radius 1 is 1.00 bits per heavy atom. The first-order valence-corrected chi connectivity index (χ1v) is 13.1. The van der Waals surface area contributed by atoms with Gasteiger partial charge in [0.1, 0.15) is 15.5 Å². The smallest absolute Gasteiger partial charge is 0.267 e. The molecule has 2 aromatic carbocycles. The maximum Gasteiger partial charge on any atom is 0.267 e. The first kappa shape index (κ1) is 25.2. The van der Waals surface area contributed by atoms with Crippen LogP contribution in [0.5, 0.6) is 0 Å². The summed E-state index contributed by atoms with van der Waals surface area (Å²) in [5.41, 5.74) is 12.8. The molecule has 3 aromatic heterocycles. The minimum Gasteiger partial charge on any atom is -0.464 e. The van der Waals surface area contributed by atoms with Crippen molar-refractivity contribution in [2.24, 2.45) is 0 Å². The standard InChI is InChI=1S/C30H28N4O3S/c1-5-19-9-11-20(12-10-19)33-29(36)27-26(31)25-24(22-7-6-14-37-22)23(18(4)32-30(25)38-27)28(35)34-21-13-8-16(2)15-17(21)3/h6-15H,5,31H2,1-4H3,(H,33,36)(H,34,35). The molecule has 3 heterocycles. The quantitative estimate of drug-likeness (QED) is 0.219. The van der Waals surface area contributed by atoms with E-state index in [2.05, 4.69) is 17.6 Å². The normalized spacial score (nSPS) is 11.1.